The monoisotopic (exact) mass is 266 g/mol. The van der Waals surface area contributed by atoms with E-state index in [-0.39, 0.29) is 18.4 Å². The molecular weight excluding hydrogens is 252 g/mol. The molecule has 96 valence electrons. The van der Waals surface area contributed by atoms with Crippen molar-refractivity contribution >= 4 is 35.0 Å². The number of nitrogens with one attached hydrogen (secondary N) is 1. The van der Waals surface area contributed by atoms with Gasteiger partial charge in [-0.25, -0.2) is 0 Å². The summed E-state index contributed by atoms with van der Waals surface area (Å²) < 4.78 is 4.62. The molecule has 1 aromatic carbocycles. The van der Waals surface area contributed by atoms with Crippen LogP contribution in [0.2, 0.25) is 0 Å². The first-order valence-electron chi connectivity index (χ1n) is 5.45. The number of benzene rings is 1. The summed E-state index contributed by atoms with van der Waals surface area (Å²) in [5.74, 6) is 0.151. The number of rotatable bonds is 3. The Bertz CT molecular complexity index is 490. The highest BCUT2D eigenvalue weighted by Crippen LogP contribution is 2.34. The number of esters is 1. The van der Waals surface area contributed by atoms with Crippen LogP contribution in [0.3, 0.4) is 0 Å². The van der Waals surface area contributed by atoms with E-state index in [4.69, 9.17) is 0 Å². The lowest BCUT2D eigenvalue weighted by atomic mass is 10.2. The van der Waals surface area contributed by atoms with Crippen LogP contribution in [0, 0.1) is 0 Å². The number of fused-ring (bicyclic) bond motifs is 1. The van der Waals surface area contributed by atoms with E-state index in [1.165, 1.54) is 18.9 Å². The average Bonchev–Trinajstić information content (AvgIpc) is 2.37. The van der Waals surface area contributed by atoms with Gasteiger partial charge in [-0.15, -0.1) is 11.8 Å². The summed E-state index contributed by atoms with van der Waals surface area (Å²) in [7, 11) is 3.16. The number of carbonyl (C=O) groups is 2. The molecule has 0 unspecified atom stereocenters. The van der Waals surface area contributed by atoms with E-state index in [0.717, 1.165) is 16.3 Å². The maximum absolute atomic E-state index is 11.3. The number of ether oxygens (including phenoxy) is 1. The molecule has 5 nitrogen and oxygen atoms in total. The summed E-state index contributed by atoms with van der Waals surface area (Å²) in [6.07, 6.45) is 0. The van der Waals surface area contributed by atoms with E-state index < -0.39 is 0 Å². The summed E-state index contributed by atoms with van der Waals surface area (Å²) in [5.41, 5.74) is 1.66. The minimum atomic E-state index is -0.298. The van der Waals surface area contributed by atoms with Gasteiger partial charge in [0.05, 0.1) is 18.6 Å². The van der Waals surface area contributed by atoms with Gasteiger partial charge in [0.25, 0.3) is 0 Å². The third kappa shape index (κ3) is 2.76. The van der Waals surface area contributed by atoms with Crippen molar-refractivity contribution in [2.75, 3.05) is 36.7 Å². The van der Waals surface area contributed by atoms with Crippen molar-refractivity contribution in [3.05, 3.63) is 18.2 Å². The van der Waals surface area contributed by atoms with Crippen molar-refractivity contribution in [2.24, 2.45) is 0 Å². The first-order valence-corrected chi connectivity index (χ1v) is 6.43. The fourth-order valence-corrected chi connectivity index (χ4v) is 2.45. The first-order chi connectivity index (χ1) is 8.60. The van der Waals surface area contributed by atoms with Gasteiger partial charge in [-0.1, -0.05) is 0 Å². The zero-order valence-electron chi connectivity index (χ0n) is 10.2. The molecule has 0 aromatic heterocycles. The van der Waals surface area contributed by atoms with E-state index in [2.05, 4.69) is 10.1 Å². The Morgan fingerprint density at radius 2 is 2.33 bits per heavy atom. The number of nitrogens with zero attached hydrogens (tertiary/aromatic N) is 1. The molecule has 6 heteroatoms. The zero-order valence-corrected chi connectivity index (χ0v) is 11.0. The van der Waals surface area contributed by atoms with Crippen LogP contribution in [0.25, 0.3) is 0 Å². The number of hydrogen-bond donors (Lipinski definition) is 1. The van der Waals surface area contributed by atoms with Crippen molar-refractivity contribution in [2.45, 2.75) is 4.90 Å². The van der Waals surface area contributed by atoms with Crippen LogP contribution in [-0.2, 0) is 14.3 Å². The van der Waals surface area contributed by atoms with Gasteiger partial charge < -0.3 is 15.0 Å². The highest BCUT2D eigenvalue weighted by Gasteiger charge is 2.16. The largest absolute Gasteiger partial charge is 0.468 e. The minimum Gasteiger partial charge on any atom is -0.468 e. The van der Waals surface area contributed by atoms with Crippen molar-refractivity contribution in [1.82, 2.24) is 0 Å². The number of methoxy groups -OCH3 is 1. The average molecular weight is 266 g/mol. The molecule has 2 rings (SSSR count). The number of amides is 1. The number of hydrogen-bond acceptors (Lipinski definition) is 5. The molecule has 0 saturated heterocycles. The van der Waals surface area contributed by atoms with Crippen molar-refractivity contribution in [3.8, 4) is 0 Å². The molecule has 1 aliphatic heterocycles. The van der Waals surface area contributed by atoms with Gasteiger partial charge >= 0.3 is 5.97 Å². The summed E-state index contributed by atoms with van der Waals surface area (Å²) in [6.45, 7) is 0.177. The highest BCUT2D eigenvalue weighted by atomic mass is 32.2. The molecule has 1 heterocycles. The fraction of sp³-hybridized carbons (Fsp3) is 0.333. The molecule has 0 bridgehead atoms. The Morgan fingerprint density at radius 3 is 3.06 bits per heavy atom. The van der Waals surface area contributed by atoms with Gasteiger partial charge in [-0.3, -0.25) is 9.59 Å². The standard InChI is InChI=1S/C12H14N2O3S/c1-14(6-12(16)17-2)8-3-4-10-9(5-8)13-11(15)7-18-10/h3-5H,6-7H2,1-2H3,(H,13,15). The molecule has 0 aliphatic carbocycles. The summed E-state index contributed by atoms with van der Waals surface area (Å²) in [6, 6.07) is 5.73. The first kappa shape index (κ1) is 12.8. The second-order valence-corrected chi connectivity index (χ2v) is 4.97. The van der Waals surface area contributed by atoms with Crippen molar-refractivity contribution in [3.63, 3.8) is 0 Å². The van der Waals surface area contributed by atoms with Gasteiger partial charge in [0.1, 0.15) is 6.54 Å². The van der Waals surface area contributed by atoms with Gasteiger partial charge in [-0.2, -0.15) is 0 Å². The second-order valence-electron chi connectivity index (χ2n) is 3.95. The third-order valence-electron chi connectivity index (χ3n) is 2.63. The maximum atomic E-state index is 11.3. The molecule has 1 aliphatic rings. The third-order valence-corrected chi connectivity index (χ3v) is 3.70. The Kier molecular flexibility index (Phi) is 3.76. The lowest BCUT2D eigenvalue weighted by Gasteiger charge is -2.22. The lowest BCUT2D eigenvalue weighted by molar-refractivity contribution is -0.138. The lowest BCUT2D eigenvalue weighted by Crippen LogP contribution is -2.26. The van der Waals surface area contributed by atoms with Crippen LogP contribution in [0.1, 0.15) is 0 Å². The smallest absolute Gasteiger partial charge is 0.325 e. The predicted molar refractivity (Wildman–Crippen MR) is 71.1 cm³/mol. The predicted octanol–water partition coefficient (Wildman–Crippen LogP) is 1.34. The Labute approximate surface area is 109 Å². The normalized spacial score (nSPS) is 13.6. The van der Waals surface area contributed by atoms with E-state index in [9.17, 15) is 9.59 Å². The molecule has 0 fully saturated rings. The number of likely N-dealkylation sites (N-methyl/N-ethyl adjacent to an activating group) is 1. The van der Waals surface area contributed by atoms with Crippen LogP contribution >= 0.6 is 11.8 Å². The zero-order chi connectivity index (χ0) is 13.1. The molecule has 1 N–H and O–H groups in total. The van der Waals surface area contributed by atoms with Crippen LogP contribution in [0.5, 0.6) is 0 Å². The highest BCUT2D eigenvalue weighted by molar-refractivity contribution is 8.00. The minimum absolute atomic E-state index is 0.000251. The number of anilines is 2. The molecule has 18 heavy (non-hydrogen) atoms. The van der Waals surface area contributed by atoms with Gasteiger partial charge in [-0.05, 0) is 18.2 Å². The Balaban J connectivity index is 2.17. The van der Waals surface area contributed by atoms with Gasteiger partial charge in [0.2, 0.25) is 5.91 Å². The van der Waals surface area contributed by atoms with E-state index in [0.29, 0.717) is 5.75 Å². The SMILES string of the molecule is COC(=O)CN(C)c1ccc2c(c1)NC(=O)CS2. The second kappa shape index (κ2) is 5.30. The molecule has 0 radical (unpaired) electrons. The molecule has 1 aromatic rings. The van der Waals surface area contributed by atoms with Crippen molar-refractivity contribution in [1.29, 1.82) is 0 Å². The van der Waals surface area contributed by atoms with Crippen LogP contribution in [0.15, 0.2) is 23.1 Å². The topological polar surface area (TPSA) is 58.6 Å². The summed E-state index contributed by atoms with van der Waals surface area (Å²) in [4.78, 5) is 25.3. The van der Waals surface area contributed by atoms with E-state index >= 15 is 0 Å². The van der Waals surface area contributed by atoms with Crippen molar-refractivity contribution < 1.29 is 14.3 Å². The van der Waals surface area contributed by atoms with Crippen LogP contribution < -0.4 is 10.2 Å². The number of thioether (sulfide) groups is 1. The summed E-state index contributed by atoms with van der Waals surface area (Å²) in [5, 5.41) is 2.82. The molecule has 0 saturated carbocycles. The molecule has 0 spiro atoms. The Morgan fingerprint density at radius 1 is 1.56 bits per heavy atom. The fourth-order valence-electron chi connectivity index (χ4n) is 1.66. The molecular formula is C12H14N2O3S. The van der Waals surface area contributed by atoms with Crippen LogP contribution in [-0.4, -0.2) is 38.3 Å². The van der Waals surface area contributed by atoms with Gasteiger partial charge in [0.15, 0.2) is 0 Å². The number of carbonyl (C=O) groups excluding carboxylic acids is 2. The van der Waals surface area contributed by atoms with Crippen LogP contribution in [0.4, 0.5) is 11.4 Å². The van der Waals surface area contributed by atoms with E-state index in [1.807, 2.05) is 18.2 Å². The molecule has 0 atom stereocenters. The quantitative estimate of drug-likeness (QED) is 0.837. The maximum Gasteiger partial charge on any atom is 0.325 e. The molecule has 1 amide bonds. The Hall–Kier alpha value is -1.69. The van der Waals surface area contributed by atoms with E-state index in [1.54, 1.807) is 11.9 Å². The van der Waals surface area contributed by atoms with Gasteiger partial charge in [0, 0.05) is 17.6 Å². The summed E-state index contributed by atoms with van der Waals surface area (Å²) >= 11 is 1.51.